The van der Waals surface area contributed by atoms with Crippen LogP contribution in [0.15, 0.2) is 18.2 Å². The Kier molecular flexibility index (Phi) is 3.33. The van der Waals surface area contributed by atoms with E-state index >= 15 is 0 Å². The average molecular weight is 242 g/mol. The van der Waals surface area contributed by atoms with Gasteiger partial charge in [0.15, 0.2) is 0 Å². The summed E-state index contributed by atoms with van der Waals surface area (Å²) in [5, 5.41) is 2.73. The summed E-state index contributed by atoms with van der Waals surface area (Å²) in [7, 11) is 0. The van der Waals surface area contributed by atoms with Gasteiger partial charge in [-0.3, -0.25) is 9.59 Å². The molecule has 2 rings (SSSR count). The van der Waals surface area contributed by atoms with E-state index in [0.717, 1.165) is 11.3 Å². The Morgan fingerprint density at radius 1 is 1.56 bits per heavy atom. The maximum atomic E-state index is 12.2. The molecule has 92 valence electrons. The summed E-state index contributed by atoms with van der Waals surface area (Å²) in [6.07, 6.45) is 5.61. The summed E-state index contributed by atoms with van der Waals surface area (Å²) >= 11 is 0. The van der Waals surface area contributed by atoms with Gasteiger partial charge in [0.2, 0.25) is 5.91 Å². The zero-order chi connectivity index (χ0) is 13.1. The molecule has 1 aromatic carbocycles. The van der Waals surface area contributed by atoms with Gasteiger partial charge in [-0.15, -0.1) is 6.42 Å². The molecule has 0 atom stereocenters. The van der Waals surface area contributed by atoms with Crippen molar-refractivity contribution in [1.29, 1.82) is 0 Å². The largest absolute Gasteiger partial charge is 0.328 e. The van der Waals surface area contributed by atoms with Crippen molar-refractivity contribution in [2.24, 2.45) is 0 Å². The summed E-state index contributed by atoms with van der Waals surface area (Å²) in [4.78, 5) is 25.0. The Morgan fingerprint density at radius 2 is 2.33 bits per heavy atom. The number of anilines is 1. The summed E-state index contributed by atoms with van der Waals surface area (Å²) in [6, 6.07) is 5.26. The lowest BCUT2D eigenvalue weighted by molar-refractivity contribution is -0.115. The number of terminal acetylenes is 1. The Bertz CT molecular complexity index is 543. The highest BCUT2D eigenvalue weighted by molar-refractivity contribution is 6.02. The maximum Gasteiger partial charge on any atom is 0.254 e. The molecule has 0 saturated heterocycles. The van der Waals surface area contributed by atoms with Gasteiger partial charge in [-0.05, 0) is 24.6 Å². The molecule has 0 radical (unpaired) electrons. The van der Waals surface area contributed by atoms with Crippen LogP contribution in [0.2, 0.25) is 0 Å². The fraction of sp³-hybridized carbons (Fsp3) is 0.286. The first kappa shape index (κ1) is 12.2. The molecule has 1 aliphatic rings. The van der Waals surface area contributed by atoms with E-state index in [9.17, 15) is 9.59 Å². The summed E-state index contributed by atoms with van der Waals surface area (Å²) in [6.45, 7) is 2.73. The summed E-state index contributed by atoms with van der Waals surface area (Å²) in [5.41, 5.74) is 2.20. The van der Waals surface area contributed by atoms with Crippen molar-refractivity contribution >= 4 is 17.5 Å². The first-order valence-corrected chi connectivity index (χ1v) is 5.81. The molecule has 0 spiro atoms. The second-order valence-corrected chi connectivity index (χ2v) is 4.12. The molecule has 1 aromatic rings. The van der Waals surface area contributed by atoms with Crippen molar-refractivity contribution in [3.05, 3.63) is 29.3 Å². The number of benzene rings is 1. The molecular formula is C14H14N2O2. The van der Waals surface area contributed by atoms with E-state index in [1.807, 2.05) is 13.0 Å². The van der Waals surface area contributed by atoms with E-state index < -0.39 is 0 Å². The number of nitrogens with one attached hydrogen (secondary N) is 1. The van der Waals surface area contributed by atoms with Crippen molar-refractivity contribution in [3.8, 4) is 12.3 Å². The topological polar surface area (TPSA) is 49.4 Å². The zero-order valence-corrected chi connectivity index (χ0v) is 10.2. The lowest BCUT2D eigenvalue weighted by Crippen LogP contribution is -2.31. The molecule has 0 saturated carbocycles. The molecule has 18 heavy (non-hydrogen) atoms. The number of hydrogen-bond acceptors (Lipinski definition) is 2. The number of hydrogen-bond donors (Lipinski definition) is 1. The van der Waals surface area contributed by atoms with Crippen LogP contribution in [0.5, 0.6) is 0 Å². The van der Waals surface area contributed by atoms with Gasteiger partial charge in [0.05, 0.1) is 13.0 Å². The molecule has 1 aliphatic heterocycles. The van der Waals surface area contributed by atoms with Crippen molar-refractivity contribution in [2.75, 3.05) is 18.4 Å². The van der Waals surface area contributed by atoms with Crippen LogP contribution < -0.4 is 5.32 Å². The van der Waals surface area contributed by atoms with E-state index in [1.54, 1.807) is 17.0 Å². The third-order valence-electron chi connectivity index (χ3n) is 2.93. The Labute approximate surface area is 106 Å². The number of rotatable bonds is 3. The van der Waals surface area contributed by atoms with Crippen LogP contribution >= 0.6 is 0 Å². The summed E-state index contributed by atoms with van der Waals surface area (Å²) < 4.78 is 0. The molecule has 1 N–H and O–H groups in total. The number of fused-ring (bicyclic) bond motifs is 1. The van der Waals surface area contributed by atoms with E-state index in [1.165, 1.54) is 0 Å². The molecule has 0 bridgehead atoms. The van der Waals surface area contributed by atoms with Gasteiger partial charge >= 0.3 is 0 Å². The van der Waals surface area contributed by atoms with E-state index in [4.69, 9.17) is 6.42 Å². The SMILES string of the molecule is C#CCN(CC)C(=O)c1ccc2c(c1)NC(=O)C2. The average Bonchev–Trinajstić information content (AvgIpc) is 2.74. The van der Waals surface area contributed by atoms with Gasteiger partial charge in [0.1, 0.15) is 0 Å². The third-order valence-corrected chi connectivity index (χ3v) is 2.93. The number of carbonyl (C=O) groups is 2. The first-order chi connectivity index (χ1) is 8.65. The van der Waals surface area contributed by atoms with Crippen LogP contribution in [0.25, 0.3) is 0 Å². The highest BCUT2D eigenvalue weighted by Gasteiger charge is 2.20. The Morgan fingerprint density at radius 3 is 3.00 bits per heavy atom. The van der Waals surface area contributed by atoms with Gasteiger partial charge in [-0.1, -0.05) is 12.0 Å². The van der Waals surface area contributed by atoms with Crippen LogP contribution in [-0.4, -0.2) is 29.8 Å². The number of nitrogens with zero attached hydrogens (tertiary/aromatic N) is 1. The predicted molar refractivity (Wildman–Crippen MR) is 69.2 cm³/mol. The smallest absolute Gasteiger partial charge is 0.254 e. The molecule has 0 fully saturated rings. The van der Waals surface area contributed by atoms with Crippen LogP contribution in [-0.2, 0) is 11.2 Å². The fourth-order valence-corrected chi connectivity index (χ4v) is 1.97. The second kappa shape index (κ2) is 4.92. The molecule has 4 heteroatoms. The van der Waals surface area contributed by atoms with Gasteiger partial charge < -0.3 is 10.2 Å². The van der Waals surface area contributed by atoms with Crippen molar-refractivity contribution in [3.63, 3.8) is 0 Å². The number of amides is 2. The highest BCUT2D eigenvalue weighted by atomic mass is 16.2. The summed E-state index contributed by atoms with van der Waals surface area (Å²) in [5.74, 6) is 2.32. The van der Waals surface area contributed by atoms with Crippen molar-refractivity contribution in [1.82, 2.24) is 4.90 Å². The zero-order valence-electron chi connectivity index (χ0n) is 10.2. The third kappa shape index (κ3) is 2.21. The minimum atomic E-state index is -0.112. The minimum absolute atomic E-state index is 0.0365. The molecule has 0 unspecified atom stereocenters. The van der Waals surface area contributed by atoms with Crippen LogP contribution in [0.3, 0.4) is 0 Å². The standard InChI is InChI=1S/C14H14N2O2/c1-3-7-16(4-2)14(18)11-6-5-10-9-13(17)15-12(10)8-11/h1,5-6,8H,4,7,9H2,2H3,(H,15,17). The van der Waals surface area contributed by atoms with Crippen LogP contribution in [0.4, 0.5) is 5.69 Å². The van der Waals surface area contributed by atoms with Crippen molar-refractivity contribution in [2.45, 2.75) is 13.3 Å². The van der Waals surface area contributed by atoms with Gasteiger partial charge in [0.25, 0.3) is 5.91 Å². The van der Waals surface area contributed by atoms with Crippen molar-refractivity contribution < 1.29 is 9.59 Å². The molecule has 2 amide bonds. The van der Waals surface area contributed by atoms with Gasteiger partial charge in [0, 0.05) is 17.8 Å². The van der Waals surface area contributed by atoms with Crippen LogP contribution in [0, 0.1) is 12.3 Å². The Balaban J connectivity index is 2.25. The highest BCUT2D eigenvalue weighted by Crippen LogP contribution is 2.24. The minimum Gasteiger partial charge on any atom is -0.328 e. The fourth-order valence-electron chi connectivity index (χ4n) is 1.97. The molecule has 4 nitrogen and oxygen atoms in total. The number of carbonyl (C=O) groups excluding carboxylic acids is 2. The quantitative estimate of drug-likeness (QED) is 0.812. The first-order valence-electron chi connectivity index (χ1n) is 5.81. The lowest BCUT2D eigenvalue weighted by atomic mass is 10.1. The monoisotopic (exact) mass is 242 g/mol. The maximum absolute atomic E-state index is 12.2. The molecular weight excluding hydrogens is 228 g/mol. The van der Waals surface area contributed by atoms with E-state index in [0.29, 0.717) is 25.1 Å². The Hall–Kier alpha value is -2.28. The van der Waals surface area contributed by atoms with Crippen LogP contribution in [0.1, 0.15) is 22.8 Å². The van der Waals surface area contributed by atoms with E-state index in [2.05, 4.69) is 11.2 Å². The van der Waals surface area contributed by atoms with Gasteiger partial charge in [-0.2, -0.15) is 0 Å². The van der Waals surface area contributed by atoms with E-state index in [-0.39, 0.29) is 11.8 Å². The molecule has 0 aliphatic carbocycles. The predicted octanol–water partition coefficient (Wildman–Crippen LogP) is 1.28. The second-order valence-electron chi connectivity index (χ2n) is 4.12. The van der Waals surface area contributed by atoms with Gasteiger partial charge in [-0.25, -0.2) is 0 Å². The molecule has 1 heterocycles. The normalized spacial score (nSPS) is 12.6. The molecule has 0 aromatic heterocycles. The lowest BCUT2D eigenvalue weighted by Gasteiger charge is -2.18.